The molecule has 0 aromatic carbocycles. The second-order valence-corrected chi connectivity index (χ2v) is 8.29. The van der Waals surface area contributed by atoms with Crippen LogP contribution in [0.3, 0.4) is 0 Å². The van der Waals surface area contributed by atoms with Crippen molar-refractivity contribution in [2.75, 3.05) is 18.8 Å². The Kier molecular flexibility index (Phi) is 11.0. The molecule has 0 radical (unpaired) electrons. The number of carbonyl (C=O) groups is 1. The van der Waals surface area contributed by atoms with Gasteiger partial charge in [0.25, 0.3) is 0 Å². The molecule has 26 heavy (non-hydrogen) atoms. The van der Waals surface area contributed by atoms with Gasteiger partial charge in [0, 0.05) is 24.3 Å². The van der Waals surface area contributed by atoms with Crippen LogP contribution in [-0.4, -0.2) is 35.4 Å². The van der Waals surface area contributed by atoms with Gasteiger partial charge in [0.05, 0.1) is 0 Å². The average molecular weight is 382 g/mol. The number of hydrogen-bond acceptors (Lipinski definition) is 3. The Hall–Kier alpha value is -1.16. The van der Waals surface area contributed by atoms with Gasteiger partial charge >= 0.3 is 6.09 Å². The minimum Gasteiger partial charge on any atom is -0.444 e. The van der Waals surface area contributed by atoms with E-state index in [1.165, 1.54) is 10.5 Å². The quantitative estimate of drug-likeness (QED) is 0.491. The second kappa shape index (κ2) is 11.5. The van der Waals surface area contributed by atoms with E-state index in [0.717, 1.165) is 31.7 Å². The number of allylic oxidation sites excluding steroid dienone is 5. The molecule has 0 aliphatic carbocycles. The van der Waals surface area contributed by atoms with E-state index in [-0.39, 0.29) is 11.5 Å². The highest BCUT2D eigenvalue weighted by atomic mass is 32.2. The molecule has 0 atom stereocenters. The molecule has 0 aromatic rings. The van der Waals surface area contributed by atoms with Gasteiger partial charge in [0.1, 0.15) is 5.60 Å². The summed E-state index contributed by atoms with van der Waals surface area (Å²) in [7, 11) is 0. The zero-order valence-corrected chi connectivity index (χ0v) is 19.0. The minimum atomic E-state index is -0.427. The van der Waals surface area contributed by atoms with Gasteiger partial charge in [-0.2, -0.15) is 0 Å². The molecule has 2 aliphatic rings. The third-order valence-electron chi connectivity index (χ3n) is 4.29. The summed E-state index contributed by atoms with van der Waals surface area (Å²) in [6.45, 7) is 21.2. The number of thioether (sulfide) groups is 1. The first-order valence-corrected chi connectivity index (χ1v) is 10.9. The van der Waals surface area contributed by atoms with Crippen molar-refractivity contribution in [3.05, 3.63) is 35.3 Å². The highest BCUT2D eigenvalue weighted by Gasteiger charge is 2.42. The van der Waals surface area contributed by atoms with Crippen LogP contribution in [0.2, 0.25) is 0 Å². The van der Waals surface area contributed by atoms with Crippen molar-refractivity contribution < 1.29 is 9.53 Å². The van der Waals surface area contributed by atoms with Gasteiger partial charge in [-0.3, -0.25) is 0 Å². The molecule has 2 heterocycles. The summed E-state index contributed by atoms with van der Waals surface area (Å²) in [4.78, 5) is 15.5. The van der Waals surface area contributed by atoms with E-state index in [0.29, 0.717) is 0 Å². The Morgan fingerprint density at radius 2 is 1.73 bits per heavy atom. The van der Waals surface area contributed by atoms with Crippen LogP contribution < -0.4 is 0 Å². The summed E-state index contributed by atoms with van der Waals surface area (Å²) in [6.07, 6.45) is 7.88. The van der Waals surface area contributed by atoms with Gasteiger partial charge in [-0.05, 0) is 51.0 Å². The Morgan fingerprint density at radius 3 is 2.19 bits per heavy atom. The van der Waals surface area contributed by atoms with Gasteiger partial charge in [-0.15, -0.1) is 11.8 Å². The molecule has 1 amide bonds. The molecule has 2 aliphatic heterocycles. The third-order valence-corrected chi connectivity index (χ3v) is 5.64. The Morgan fingerprint density at radius 1 is 1.19 bits per heavy atom. The minimum absolute atomic E-state index is 0.183. The third kappa shape index (κ3) is 6.86. The van der Waals surface area contributed by atoms with Crippen LogP contribution in [0.25, 0.3) is 0 Å². The van der Waals surface area contributed by atoms with Crippen molar-refractivity contribution in [2.24, 2.45) is 5.41 Å². The van der Waals surface area contributed by atoms with E-state index < -0.39 is 5.60 Å². The number of amides is 1. The van der Waals surface area contributed by atoms with Crippen LogP contribution in [0.15, 0.2) is 35.3 Å². The van der Waals surface area contributed by atoms with Crippen molar-refractivity contribution in [3.63, 3.8) is 0 Å². The fourth-order valence-electron chi connectivity index (χ4n) is 3.09. The molecular weight excluding hydrogens is 342 g/mol. The molecule has 3 nitrogen and oxygen atoms in total. The van der Waals surface area contributed by atoms with E-state index in [1.54, 1.807) is 0 Å². The highest BCUT2D eigenvalue weighted by molar-refractivity contribution is 8.03. The second-order valence-electron chi connectivity index (χ2n) is 7.10. The van der Waals surface area contributed by atoms with E-state index in [1.807, 2.05) is 77.3 Å². The van der Waals surface area contributed by atoms with Crippen LogP contribution >= 0.6 is 11.8 Å². The molecule has 0 unspecified atom stereocenters. The lowest BCUT2D eigenvalue weighted by molar-refractivity contribution is 0.0154. The maximum Gasteiger partial charge on any atom is 0.410 e. The molecular formula is C22H39NO2S. The SMILES string of the molecule is C=C/C=C\C1=C(C)SCC12CCN(C(=O)OC(C)(C)C)CC2.CC.CC. The van der Waals surface area contributed by atoms with Crippen molar-refractivity contribution in [2.45, 2.75) is 73.8 Å². The molecule has 1 fully saturated rings. The molecule has 1 saturated heterocycles. The Bertz CT molecular complexity index is 507. The highest BCUT2D eigenvalue weighted by Crippen LogP contribution is 2.51. The fraction of sp³-hybridized carbons (Fsp3) is 0.682. The normalized spacial score (nSPS) is 18.8. The first-order valence-electron chi connectivity index (χ1n) is 9.89. The Labute approximate surface area is 165 Å². The molecule has 150 valence electrons. The van der Waals surface area contributed by atoms with Crippen LogP contribution in [0.5, 0.6) is 0 Å². The van der Waals surface area contributed by atoms with E-state index >= 15 is 0 Å². The molecule has 0 bridgehead atoms. The molecule has 0 saturated carbocycles. The predicted molar refractivity (Wildman–Crippen MR) is 117 cm³/mol. The summed E-state index contributed by atoms with van der Waals surface area (Å²) >= 11 is 1.94. The smallest absolute Gasteiger partial charge is 0.410 e. The van der Waals surface area contributed by atoms with Crippen LogP contribution in [0.1, 0.15) is 68.2 Å². The average Bonchev–Trinajstić information content (AvgIpc) is 2.91. The lowest BCUT2D eigenvalue weighted by Gasteiger charge is -2.40. The van der Waals surface area contributed by atoms with E-state index in [4.69, 9.17) is 4.74 Å². The molecule has 0 N–H and O–H groups in total. The number of carbonyl (C=O) groups excluding carboxylic acids is 1. The van der Waals surface area contributed by atoms with Crippen LogP contribution in [0.4, 0.5) is 4.79 Å². The number of nitrogens with zero attached hydrogens (tertiary/aromatic N) is 1. The Balaban J connectivity index is 0.00000146. The topological polar surface area (TPSA) is 29.5 Å². The largest absolute Gasteiger partial charge is 0.444 e. The fourth-order valence-corrected chi connectivity index (χ4v) is 4.47. The molecule has 0 aromatic heterocycles. The number of likely N-dealkylation sites (tertiary alicyclic amines) is 1. The molecule has 4 heteroatoms. The molecule has 1 spiro atoms. The number of ether oxygens (including phenoxy) is 1. The zero-order valence-electron chi connectivity index (χ0n) is 18.1. The lowest BCUT2D eigenvalue weighted by atomic mass is 9.73. The van der Waals surface area contributed by atoms with Gasteiger partial charge in [0.2, 0.25) is 0 Å². The van der Waals surface area contributed by atoms with Crippen molar-refractivity contribution in [1.82, 2.24) is 4.90 Å². The number of piperidine rings is 1. The maximum atomic E-state index is 12.2. The van der Waals surface area contributed by atoms with Gasteiger partial charge < -0.3 is 9.64 Å². The summed E-state index contributed by atoms with van der Waals surface area (Å²) in [5.74, 6) is 1.12. The number of rotatable bonds is 2. The standard InChI is InChI=1S/C18H27NO2S.2C2H6/c1-6-7-8-15-14(2)22-13-18(15)9-11-19(12-10-18)16(20)21-17(3,4)5;2*1-2/h6-8H,1,9-13H2,2-5H3;2*1-2H3/b8-7-;;. The van der Waals surface area contributed by atoms with Crippen LogP contribution in [0, 0.1) is 5.41 Å². The maximum absolute atomic E-state index is 12.2. The van der Waals surface area contributed by atoms with Crippen molar-refractivity contribution >= 4 is 17.9 Å². The molecule has 2 rings (SSSR count). The van der Waals surface area contributed by atoms with Crippen molar-refractivity contribution in [3.8, 4) is 0 Å². The van der Waals surface area contributed by atoms with E-state index in [2.05, 4.69) is 19.6 Å². The first-order chi connectivity index (χ1) is 12.3. The van der Waals surface area contributed by atoms with Crippen molar-refractivity contribution in [1.29, 1.82) is 0 Å². The zero-order chi connectivity index (χ0) is 20.4. The monoisotopic (exact) mass is 381 g/mol. The summed E-state index contributed by atoms with van der Waals surface area (Å²) in [6, 6.07) is 0. The lowest BCUT2D eigenvalue weighted by Crippen LogP contribution is -2.45. The predicted octanol–water partition coefficient (Wildman–Crippen LogP) is 6.82. The van der Waals surface area contributed by atoms with E-state index in [9.17, 15) is 4.79 Å². The first kappa shape index (κ1) is 24.8. The van der Waals surface area contributed by atoms with Gasteiger partial charge in [0.15, 0.2) is 0 Å². The van der Waals surface area contributed by atoms with Gasteiger partial charge in [-0.25, -0.2) is 4.79 Å². The summed E-state index contributed by atoms with van der Waals surface area (Å²) in [5.41, 5.74) is 1.22. The summed E-state index contributed by atoms with van der Waals surface area (Å²) < 4.78 is 5.48. The van der Waals surface area contributed by atoms with Gasteiger partial charge in [-0.1, -0.05) is 52.5 Å². The number of hydrogen-bond donors (Lipinski definition) is 0. The van der Waals surface area contributed by atoms with Crippen LogP contribution in [-0.2, 0) is 4.74 Å². The summed E-state index contributed by atoms with van der Waals surface area (Å²) in [5, 5.41) is 0.